The third-order valence-electron chi connectivity index (χ3n) is 4.75. The fourth-order valence-corrected chi connectivity index (χ4v) is 3.28. The van der Waals surface area contributed by atoms with Crippen LogP contribution in [-0.4, -0.2) is 5.78 Å². The normalized spacial score (nSPS) is 25.2. The average Bonchev–Trinajstić information content (AvgIpc) is 2.39. The molecule has 1 aliphatic carbocycles. The minimum Gasteiger partial charge on any atom is -0.297 e. The summed E-state index contributed by atoms with van der Waals surface area (Å²) >= 11 is 0. The lowest BCUT2D eigenvalue weighted by atomic mass is 9.61. The van der Waals surface area contributed by atoms with Crippen molar-refractivity contribution in [1.82, 2.24) is 0 Å². The molecule has 0 saturated heterocycles. The summed E-state index contributed by atoms with van der Waals surface area (Å²) in [5.41, 5.74) is 2.37. The molecule has 20 heavy (non-hydrogen) atoms. The molecule has 0 N–H and O–H groups in total. The molecule has 1 aliphatic rings. The molecule has 1 aromatic rings. The molecule has 2 rings (SSSR count). The van der Waals surface area contributed by atoms with Crippen LogP contribution in [0.25, 0.3) is 0 Å². The second-order valence-electron chi connectivity index (χ2n) is 6.86. The van der Waals surface area contributed by atoms with E-state index in [9.17, 15) is 10.1 Å². The van der Waals surface area contributed by atoms with Gasteiger partial charge in [-0.3, -0.25) is 4.79 Å². The maximum absolute atomic E-state index is 12.7. The van der Waals surface area contributed by atoms with Crippen molar-refractivity contribution in [2.24, 2.45) is 10.8 Å². The van der Waals surface area contributed by atoms with Gasteiger partial charge in [-0.15, -0.1) is 0 Å². The third-order valence-corrected chi connectivity index (χ3v) is 4.75. The van der Waals surface area contributed by atoms with Gasteiger partial charge in [0.05, 0.1) is 6.07 Å². The minimum absolute atomic E-state index is 0.122. The zero-order chi connectivity index (χ0) is 15.0. The van der Waals surface area contributed by atoms with E-state index < -0.39 is 5.41 Å². The van der Waals surface area contributed by atoms with Gasteiger partial charge in [-0.1, -0.05) is 38.5 Å². The molecule has 1 aromatic carbocycles. The number of ketones is 1. The third kappa shape index (κ3) is 2.50. The topological polar surface area (TPSA) is 40.9 Å². The number of benzene rings is 1. The Labute approximate surface area is 121 Å². The Bertz CT molecular complexity index is 580. The second-order valence-corrected chi connectivity index (χ2v) is 6.86. The Balaban J connectivity index is 2.35. The maximum Gasteiger partial charge on any atom is 0.158 e. The largest absolute Gasteiger partial charge is 0.297 e. The van der Waals surface area contributed by atoms with Gasteiger partial charge in [-0.25, -0.2) is 0 Å². The summed E-state index contributed by atoms with van der Waals surface area (Å²) in [4.78, 5) is 12.7. The molecule has 2 heteroatoms. The van der Waals surface area contributed by atoms with Crippen LogP contribution in [0, 0.1) is 36.0 Å². The lowest BCUT2D eigenvalue weighted by Gasteiger charge is -2.39. The fourth-order valence-electron chi connectivity index (χ4n) is 3.28. The van der Waals surface area contributed by atoms with Gasteiger partial charge in [0.2, 0.25) is 0 Å². The van der Waals surface area contributed by atoms with E-state index in [1.807, 2.05) is 13.8 Å². The molecule has 1 fully saturated rings. The summed E-state index contributed by atoms with van der Waals surface area (Å²) in [7, 11) is 0. The van der Waals surface area contributed by atoms with Gasteiger partial charge in [0, 0.05) is 5.41 Å². The van der Waals surface area contributed by atoms with E-state index >= 15 is 0 Å². The van der Waals surface area contributed by atoms with E-state index in [1.165, 1.54) is 11.1 Å². The highest BCUT2D eigenvalue weighted by Gasteiger charge is 2.48. The van der Waals surface area contributed by atoms with E-state index in [4.69, 9.17) is 0 Å². The molecule has 0 aliphatic heterocycles. The zero-order valence-electron chi connectivity index (χ0n) is 12.9. The van der Waals surface area contributed by atoms with Crippen LogP contribution < -0.4 is 0 Å². The molecular weight excluding hydrogens is 246 g/mol. The Morgan fingerprint density at radius 3 is 2.50 bits per heavy atom. The number of rotatable bonds is 2. The van der Waals surface area contributed by atoms with Crippen molar-refractivity contribution in [1.29, 1.82) is 5.26 Å². The summed E-state index contributed by atoms with van der Waals surface area (Å²) in [6, 6.07) is 8.60. The predicted octanol–water partition coefficient (Wildman–Crippen LogP) is 4.14. The van der Waals surface area contributed by atoms with Crippen molar-refractivity contribution in [3.05, 3.63) is 34.9 Å². The number of Topliss-reactive ketones (excluding diaryl/α,β-unsaturated/α-hetero) is 1. The first-order valence-corrected chi connectivity index (χ1v) is 7.33. The molecule has 0 aromatic heterocycles. The van der Waals surface area contributed by atoms with Crippen LogP contribution in [0.5, 0.6) is 0 Å². The predicted molar refractivity (Wildman–Crippen MR) is 80.3 cm³/mol. The van der Waals surface area contributed by atoms with Crippen molar-refractivity contribution in [2.45, 2.75) is 53.4 Å². The van der Waals surface area contributed by atoms with Crippen LogP contribution in [0.1, 0.15) is 49.8 Å². The van der Waals surface area contributed by atoms with Crippen molar-refractivity contribution < 1.29 is 4.79 Å². The molecule has 0 heterocycles. The van der Waals surface area contributed by atoms with Crippen LogP contribution in [-0.2, 0) is 11.2 Å². The van der Waals surface area contributed by atoms with Crippen LogP contribution in [0.15, 0.2) is 18.2 Å². The molecule has 0 amide bonds. The van der Waals surface area contributed by atoms with Crippen molar-refractivity contribution in [3.63, 3.8) is 0 Å². The van der Waals surface area contributed by atoms with Crippen molar-refractivity contribution in [3.8, 4) is 6.07 Å². The van der Waals surface area contributed by atoms with E-state index in [1.54, 1.807) is 0 Å². The molecule has 0 spiro atoms. The number of aryl methyl sites for hydroxylation is 2. The number of carbonyl (C=O) groups is 1. The number of nitriles is 1. The Morgan fingerprint density at radius 1 is 1.20 bits per heavy atom. The first kappa shape index (κ1) is 14.8. The number of nitrogens with zero attached hydrogens (tertiary/aromatic N) is 1. The van der Waals surface area contributed by atoms with Gasteiger partial charge < -0.3 is 0 Å². The van der Waals surface area contributed by atoms with E-state index in [-0.39, 0.29) is 11.2 Å². The van der Waals surface area contributed by atoms with Gasteiger partial charge in [0.15, 0.2) is 5.78 Å². The van der Waals surface area contributed by atoms with Crippen LogP contribution >= 0.6 is 0 Å². The van der Waals surface area contributed by atoms with Crippen LogP contribution in [0.4, 0.5) is 0 Å². The number of carbonyl (C=O) groups excluding carboxylic acids is 1. The first-order valence-electron chi connectivity index (χ1n) is 7.33. The van der Waals surface area contributed by atoms with Crippen LogP contribution in [0.3, 0.4) is 0 Å². The van der Waals surface area contributed by atoms with Gasteiger partial charge >= 0.3 is 0 Å². The molecule has 1 saturated carbocycles. The lowest BCUT2D eigenvalue weighted by Crippen LogP contribution is -2.45. The molecule has 2 nitrogen and oxygen atoms in total. The second kappa shape index (κ2) is 5.05. The highest BCUT2D eigenvalue weighted by atomic mass is 16.1. The smallest absolute Gasteiger partial charge is 0.158 e. The summed E-state index contributed by atoms with van der Waals surface area (Å²) in [6.07, 6.45) is 3.09. The average molecular weight is 269 g/mol. The Hall–Kier alpha value is -1.62. The summed E-state index contributed by atoms with van der Waals surface area (Å²) in [6.45, 7) is 8.10. The van der Waals surface area contributed by atoms with Gasteiger partial charge in [-0.05, 0) is 49.8 Å². The highest BCUT2D eigenvalue weighted by molar-refractivity contribution is 5.93. The van der Waals surface area contributed by atoms with E-state index in [2.05, 4.69) is 38.1 Å². The van der Waals surface area contributed by atoms with Gasteiger partial charge in [0.1, 0.15) is 5.41 Å². The maximum atomic E-state index is 12.7. The molecule has 1 atom stereocenters. The van der Waals surface area contributed by atoms with Gasteiger partial charge in [-0.2, -0.15) is 5.26 Å². The van der Waals surface area contributed by atoms with E-state index in [0.29, 0.717) is 12.8 Å². The minimum atomic E-state index is -0.830. The lowest BCUT2D eigenvalue weighted by molar-refractivity contribution is -0.138. The van der Waals surface area contributed by atoms with Crippen LogP contribution in [0.2, 0.25) is 0 Å². The summed E-state index contributed by atoms with van der Waals surface area (Å²) in [5.74, 6) is 0.122. The molecule has 1 unspecified atom stereocenters. The van der Waals surface area contributed by atoms with Crippen molar-refractivity contribution in [2.75, 3.05) is 0 Å². The number of hydrogen-bond donors (Lipinski definition) is 0. The number of hydrogen-bond acceptors (Lipinski definition) is 2. The standard InChI is InChI=1S/C18H23NO/c1-13-6-7-15(10-14(13)2)11-18(12-19)9-5-8-17(3,4)16(18)20/h6-7,10H,5,8-9,11H2,1-4H3. The summed E-state index contributed by atoms with van der Waals surface area (Å²) < 4.78 is 0. The molecule has 0 radical (unpaired) electrons. The molecular formula is C18H23NO. The van der Waals surface area contributed by atoms with Gasteiger partial charge in [0.25, 0.3) is 0 Å². The fraction of sp³-hybridized carbons (Fsp3) is 0.556. The Morgan fingerprint density at radius 2 is 1.90 bits per heavy atom. The SMILES string of the molecule is Cc1ccc(CC2(C#N)CCCC(C)(C)C2=O)cc1C. The first-order chi connectivity index (χ1) is 9.31. The monoisotopic (exact) mass is 269 g/mol. The highest BCUT2D eigenvalue weighted by Crippen LogP contribution is 2.44. The molecule has 106 valence electrons. The zero-order valence-corrected chi connectivity index (χ0v) is 12.9. The molecule has 0 bridgehead atoms. The summed E-state index contributed by atoms with van der Waals surface area (Å²) in [5, 5.41) is 9.66. The quantitative estimate of drug-likeness (QED) is 0.809. The van der Waals surface area contributed by atoms with E-state index in [0.717, 1.165) is 18.4 Å². The van der Waals surface area contributed by atoms with Crippen molar-refractivity contribution >= 4 is 5.78 Å². The Kier molecular flexibility index (Phi) is 3.73.